The topological polar surface area (TPSA) is 51.2 Å². The Morgan fingerprint density at radius 1 is 1.25 bits per heavy atom. The first kappa shape index (κ1) is 12.7. The Balaban J connectivity index is 2.18. The van der Waals surface area contributed by atoms with E-state index < -0.39 is 15.1 Å². The second-order valence-corrected chi connectivity index (χ2v) is 7.83. The number of alkyl halides is 1. The highest BCUT2D eigenvalue weighted by molar-refractivity contribution is 7.92. The van der Waals surface area contributed by atoms with Gasteiger partial charge in [0.2, 0.25) is 5.24 Å². The van der Waals surface area contributed by atoms with Gasteiger partial charge in [0.1, 0.15) is 0 Å². The molecule has 2 fully saturated rings. The second-order valence-electron chi connectivity index (χ2n) is 4.74. The zero-order chi connectivity index (χ0) is 11.9. The van der Waals surface area contributed by atoms with Crippen LogP contribution in [0.4, 0.5) is 0 Å². The van der Waals surface area contributed by atoms with Gasteiger partial charge in [-0.2, -0.15) is 0 Å². The number of hydrogen-bond donors (Lipinski definition) is 0. The van der Waals surface area contributed by atoms with Gasteiger partial charge >= 0.3 is 0 Å². The molecule has 4 atom stereocenters. The molecular formula is C10H14Cl2O3S. The lowest BCUT2D eigenvalue weighted by Crippen LogP contribution is -2.36. The maximum atomic E-state index is 12.0. The van der Waals surface area contributed by atoms with E-state index in [2.05, 4.69) is 0 Å². The molecule has 0 aromatic heterocycles. The summed E-state index contributed by atoms with van der Waals surface area (Å²) in [6.07, 6.45) is 2.28. The summed E-state index contributed by atoms with van der Waals surface area (Å²) in [5.41, 5.74) is 0. The average Bonchev–Trinajstić information content (AvgIpc) is 2.75. The number of carbonyl (C=O) groups excluding carboxylic acids is 1. The number of rotatable bonds is 4. The summed E-state index contributed by atoms with van der Waals surface area (Å²) < 4.78 is 23.9. The van der Waals surface area contributed by atoms with Crippen LogP contribution in [0.1, 0.15) is 19.3 Å². The average molecular weight is 285 g/mol. The zero-order valence-corrected chi connectivity index (χ0v) is 11.1. The summed E-state index contributed by atoms with van der Waals surface area (Å²) >= 11 is 11.0. The maximum absolute atomic E-state index is 12.0. The first-order valence-electron chi connectivity index (χ1n) is 5.42. The lowest BCUT2D eigenvalue weighted by molar-refractivity contribution is -0.116. The van der Waals surface area contributed by atoms with Crippen molar-refractivity contribution in [2.75, 3.05) is 11.6 Å². The van der Waals surface area contributed by atoms with E-state index in [1.54, 1.807) is 0 Å². The predicted octanol–water partition coefficient (Wildman–Crippen LogP) is 1.82. The van der Waals surface area contributed by atoms with Crippen LogP contribution in [0, 0.1) is 17.8 Å². The second kappa shape index (κ2) is 4.46. The van der Waals surface area contributed by atoms with Gasteiger partial charge < -0.3 is 0 Å². The van der Waals surface area contributed by atoms with E-state index in [0.29, 0.717) is 12.3 Å². The Hall–Kier alpha value is 0.200. The van der Waals surface area contributed by atoms with Crippen molar-refractivity contribution in [3.63, 3.8) is 0 Å². The van der Waals surface area contributed by atoms with Crippen molar-refractivity contribution in [2.24, 2.45) is 17.8 Å². The van der Waals surface area contributed by atoms with Crippen molar-refractivity contribution in [2.45, 2.75) is 24.5 Å². The van der Waals surface area contributed by atoms with Gasteiger partial charge in [-0.15, -0.1) is 11.6 Å². The van der Waals surface area contributed by atoms with Crippen LogP contribution in [-0.4, -0.2) is 30.5 Å². The molecule has 0 saturated heterocycles. The van der Waals surface area contributed by atoms with Gasteiger partial charge in [0.05, 0.1) is 11.0 Å². The smallest absolute Gasteiger partial charge is 0.225 e. The number of carbonyl (C=O) groups is 1. The van der Waals surface area contributed by atoms with Crippen LogP contribution in [0.5, 0.6) is 0 Å². The lowest BCUT2D eigenvalue weighted by atomic mass is 9.89. The molecule has 0 heterocycles. The monoisotopic (exact) mass is 284 g/mol. The fourth-order valence-corrected chi connectivity index (χ4v) is 6.03. The third kappa shape index (κ3) is 2.12. The van der Waals surface area contributed by atoms with Gasteiger partial charge in [-0.1, -0.05) is 0 Å². The molecule has 0 radical (unpaired) electrons. The van der Waals surface area contributed by atoms with Gasteiger partial charge in [0.15, 0.2) is 9.84 Å². The molecular weight excluding hydrogens is 271 g/mol. The van der Waals surface area contributed by atoms with E-state index in [9.17, 15) is 13.2 Å². The van der Waals surface area contributed by atoms with E-state index in [1.807, 2.05) is 0 Å². The van der Waals surface area contributed by atoms with Crippen LogP contribution in [-0.2, 0) is 14.6 Å². The molecule has 0 aromatic carbocycles. The molecule has 3 nitrogen and oxygen atoms in total. The maximum Gasteiger partial charge on any atom is 0.225 e. The summed E-state index contributed by atoms with van der Waals surface area (Å²) in [7, 11) is -3.15. The number of fused-ring (bicyclic) bond motifs is 2. The SMILES string of the molecule is O=C(Cl)C1CC2CC1C(S(=O)(=O)CCCl)C2. The van der Waals surface area contributed by atoms with Crippen LogP contribution < -0.4 is 0 Å². The van der Waals surface area contributed by atoms with Gasteiger partial charge in [-0.3, -0.25) is 4.79 Å². The quantitative estimate of drug-likeness (QED) is 0.585. The van der Waals surface area contributed by atoms with E-state index >= 15 is 0 Å². The number of hydrogen-bond acceptors (Lipinski definition) is 3. The zero-order valence-electron chi connectivity index (χ0n) is 8.73. The van der Waals surface area contributed by atoms with Crippen molar-refractivity contribution < 1.29 is 13.2 Å². The molecule has 0 aromatic rings. The highest BCUT2D eigenvalue weighted by atomic mass is 35.5. The first-order chi connectivity index (χ1) is 7.45. The highest BCUT2D eigenvalue weighted by Crippen LogP contribution is 2.51. The first-order valence-corrected chi connectivity index (χ1v) is 8.05. The van der Waals surface area contributed by atoms with Crippen LogP contribution in [0.25, 0.3) is 0 Å². The largest absolute Gasteiger partial charge is 0.281 e. The molecule has 2 aliphatic rings. The Kier molecular flexibility index (Phi) is 3.53. The molecule has 6 heteroatoms. The van der Waals surface area contributed by atoms with Crippen LogP contribution >= 0.6 is 23.2 Å². The van der Waals surface area contributed by atoms with Crippen molar-refractivity contribution in [1.29, 1.82) is 0 Å². The van der Waals surface area contributed by atoms with E-state index in [4.69, 9.17) is 23.2 Å². The van der Waals surface area contributed by atoms with Crippen LogP contribution in [0.3, 0.4) is 0 Å². The number of sulfone groups is 1. The van der Waals surface area contributed by atoms with E-state index in [0.717, 1.165) is 12.8 Å². The van der Waals surface area contributed by atoms with Crippen molar-refractivity contribution in [1.82, 2.24) is 0 Å². The molecule has 16 heavy (non-hydrogen) atoms. The van der Waals surface area contributed by atoms with Crippen LogP contribution in [0.2, 0.25) is 0 Å². The molecule has 0 N–H and O–H groups in total. The Morgan fingerprint density at radius 2 is 1.94 bits per heavy atom. The van der Waals surface area contributed by atoms with Gasteiger partial charge in [-0.25, -0.2) is 8.42 Å². The van der Waals surface area contributed by atoms with E-state index in [1.165, 1.54) is 0 Å². The van der Waals surface area contributed by atoms with Gasteiger partial charge in [0.25, 0.3) is 0 Å². The Morgan fingerprint density at radius 3 is 2.44 bits per heavy atom. The summed E-state index contributed by atoms with van der Waals surface area (Å²) in [4.78, 5) is 11.2. The highest BCUT2D eigenvalue weighted by Gasteiger charge is 2.52. The van der Waals surface area contributed by atoms with Crippen LogP contribution in [0.15, 0.2) is 0 Å². The van der Waals surface area contributed by atoms with Gasteiger partial charge in [0, 0.05) is 11.8 Å². The minimum atomic E-state index is -3.15. The molecule has 92 valence electrons. The predicted molar refractivity (Wildman–Crippen MR) is 63.5 cm³/mol. The summed E-state index contributed by atoms with van der Waals surface area (Å²) in [5.74, 6) is 0.160. The third-order valence-electron chi connectivity index (χ3n) is 3.87. The normalized spacial score (nSPS) is 37.9. The Labute approximate surface area is 105 Å². The molecule has 2 saturated carbocycles. The van der Waals surface area contributed by atoms with Crippen molar-refractivity contribution in [3.05, 3.63) is 0 Å². The fourth-order valence-electron chi connectivity index (χ4n) is 3.22. The minimum absolute atomic E-state index is 0.00559. The van der Waals surface area contributed by atoms with Gasteiger partial charge in [-0.05, 0) is 42.7 Å². The molecule has 0 spiro atoms. The molecule has 4 unspecified atom stereocenters. The summed E-state index contributed by atoms with van der Waals surface area (Å²) in [6.45, 7) is 0. The van der Waals surface area contributed by atoms with Crippen molar-refractivity contribution in [3.8, 4) is 0 Å². The molecule has 0 amide bonds. The summed E-state index contributed by atoms with van der Waals surface area (Å²) in [5, 5.41) is -0.768. The molecule has 2 aliphatic carbocycles. The number of halogens is 2. The standard InChI is InChI=1S/C10H14Cl2O3S/c11-1-2-16(14,15)9-5-6-3-7(9)8(4-6)10(12)13/h6-9H,1-5H2. The third-order valence-corrected chi connectivity index (χ3v) is 6.80. The Bertz CT molecular complexity index is 393. The lowest BCUT2D eigenvalue weighted by Gasteiger charge is -2.26. The fraction of sp³-hybridized carbons (Fsp3) is 0.900. The summed E-state index contributed by atoms with van der Waals surface area (Å²) in [6, 6.07) is 0. The van der Waals surface area contributed by atoms with E-state index in [-0.39, 0.29) is 28.7 Å². The molecule has 0 aliphatic heterocycles. The molecule has 2 rings (SSSR count). The molecule has 2 bridgehead atoms. The minimum Gasteiger partial charge on any atom is -0.281 e. The van der Waals surface area contributed by atoms with Crippen molar-refractivity contribution >= 4 is 38.3 Å².